The fourth-order valence-corrected chi connectivity index (χ4v) is 2.61. The third-order valence-electron chi connectivity index (χ3n) is 3.83. The van der Waals surface area contributed by atoms with Crippen LogP contribution in [0.4, 0.5) is 10.2 Å². The van der Waals surface area contributed by atoms with Crippen LogP contribution in [-0.2, 0) is 11.4 Å². The van der Waals surface area contributed by atoms with Crippen LogP contribution in [0.25, 0.3) is 11.4 Å². The number of ether oxygens (including phenoxy) is 1. The van der Waals surface area contributed by atoms with Crippen molar-refractivity contribution in [3.05, 3.63) is 66.0 Å². The molecule has 0 unspecified atom stereocenters. The number of anilines is 1. The van der Waals surface area contributed by atoms with E-state index in [1.807, 2.05) is 37.3 Å². The normalized spacial score (nSPS) is 12.6. The van der Waals surface area contributed by atoms with Crippen molar-refractivity contribution in [2.75, 3.05) is 11.8 Å². The van der Waals surface area contributed by atoms with Crippen molar-refractivity contribution >= 4 is 12.2 Å². The molecular formula is C19H17FN4O3. The molecule has 8 heteroatoms. The van der Waals surface area contributed by atoms with Crippen LogP contribution in [0.3, 0.4) is 0 Å². The van der Waals surface area contributed by atoms with Crippen LogP contribution in [0.1, 0.15) is 12.5 Å². The Bertz CT molecular complexity index is 942. The van der Waals surface area contributed by atoms with Gasteiger partial charge in [-0.25, -0.2) is 14.2 Å². The van der Waals surface area contributed by atoms with Gasteiger partial charge in [0.05, 0.1) is 0 Å². The van der Waals surface area contributed by atoms with Crippen LogP contribution in [-0.4, -0.2) is 22.7 Å². The number of fused-ring (bicyclic) bond motifs is 1. The third kappa shape index (κ3) is 3.47. The highest BCUT2D eigenvalue weighted by Crippen LogP contribution is 2.35. The van der Waals surface area contributed by atoms with Gasteiger partial charge in [-0.05, 0) is 36.8 Å². The van der Waals surface area contributed by atoms with Crippen LogP contribution < -0.4 is 14.7 Å². The van der Waals surface area contributed by atoms with Gasteiger partial charge in [-0.15, -0.1) is 15.0 Å². The summed E-state index contributed by atoms with van der Waals surface area (Å²) in [5.74, 6) is 0.812. The van der Waals surface area contributed by atoms with E-state index in [1.54, 1.807) is 12.1 Å². The molecule has 1 aromatic heterocycles. The van der Waals surface area contributed by atoms with Crippen molar-refractivity contribution in [2.24, 2.45) is 5.10 Å². The first kappa shape index (κ1) is 17.0. The summed E-state index contributed by atoms with van der Waals surface area (Å²) in [6.45, 7) is 2.55. The Morgan fingerprint density at radius 1 is 1.04 bits per heavy atom. The maximum atomic E-state index is 13.3. The highest BCUT2D eigenvalue weighted by Gasteiger charge is 2.28. The Morgan fingerprint density at radius 2 is 1.81 bits per heavy atom. The van der Waals surface area contributed by atoms with E-state index in [-0.39, 0.29) is 5.82 Å². The van der Waals surface area contributed by atoms with E-state index in [1.165, 1.54) is 28.4 Å². The number of benzene rings is 2. The maximum Gasteiger partial charge on any atom is 0.284 e. The second-order valence-corrected chi connectivity index (χ2v) is 5.65. The lowest BCUT2D eigenvalue weighted by molar-refractivity contribution is 0.0843. The largest absolute Gasteiger partial charge is 0.421 e. The molecule has 2 heterocycles. The van der Waals surface area contributed by atoms with Gasteiger partial charge in [0.1, 0.15) is 19.0 Å². The lowest BCUT2D eigenvalue weighted by Crippen LogP contribution is -2.23. The SMILES string of the molecule is CCOn1c(-c2ccc(F)cc2)nc2c1OC=NN2OCc1ccccc1. The fraction of sp³-hybridized carbons (Fsp3) is 0.158. The van der Waals surface area contributed by atoms with Crippen molar-refractivity contribution in [3.63, 3.8) is 0 Å². The molecule has 0 saturated heterocycles. The number of hydrazone groups is 1. The summed E-state index contributed by atoms with van der Waals surface area (Å²) in [6.07, 6.45) is 1.25. The quantitative estimate of drug-likeness (QED) is 0.667. The van der Waals surface area contributed by atoms with E-state index in [2.05, 4.69) is 10.1 Å². The molecule has 0 amide bonds. The van der Waals surface area contributed by atoms with E-state index in [0.717, 1.165) is 5.56 Å². The van der Waals surface area contributed by atoms with Crippen molar-refractivity contribution in [3.8, 4) is 17.3 Å². The zero-order chi connectivity index (χ0) is 18.6. The van der Waals surface area contributed by atoms with Gasteiger partial charge in [-0.1, -0.05) is 30.3 Å². The molecule has 27 heavy (non-hydrogen) atoms. The summed E-state index contributed by atoms with van der Waals surface area (Å²) >= 11 is 0. The monoisotopic (exact) mass is 368 g/mol. The molecule has 0 atom stereocenters. The van der Waals surface area contributed by atoms with E-state index < -0.39 is 0 Å². The average Bonchev–Trinajstić information content (AvgIpc) is 3.07. The topological polar surface area (TPSA) is 61.1 Å². The van der Waals surface area contributed by atoms with E-state index in [0.29, 0.717) is 36.3 Å². The molecule has 1 aliphatic rings. The molecular weight excluding hydrogens is 351 g/mol. The highest BCUT2D eigenvalue weighted by molar-refractivity contribution is 5.68. The number of nitrogens with zero attached hydrogens (tertiary/aromatic N) is 4. The predicted octanol–water partition coefficient (Wildman–Crippen LogP) is 3.41. The molecule has 1 aliphatic heterocycles. The zero-order valence-electron chi connectivity index (χ0n) is 14.6. The summed E-state index contributed by atoms with van der Waals surface area (Å²) in [6, 6.07) is 15.7. The van der Waals surface area contributed by atoms with Gasteiger partial charge >= 0.3 is 0 Å². The summed E-state index contributed by atoms with van der Waals surface area (Å²) in [4.78, 5) is 16.0. The van der Waals surface area contributed by atoms with Gasteiger partial charge in [0.2, 0.25) is 12.2 Å². The van der Waals surface area contributed by atoms with Crippen molar-refractivity contribution in [1.82, 2.24) is 9.71 Å². The first-order chi connectivity index (χ1) is 13.3. The van der Waals surface area contributed by atoms with Gasteiger partial charge in [0.15, 0.2) is 5.82 Å². The summed E-state index contributed by atoms with van der Waals surface area (Å²) in [5.41, 5.74) is 1.66. The molecule has 0 fully saturated rings. The number of aromatic nitrogens is 2. The van der Waals surface area contributed by atoms with Gasteiger partial charge in [0, 0.05) is 5.56 Å². The number of imidazole rings is 1. The Balaban J connectivity index is 1.66. The first-order valence-electron chi connectivity index (χ1n) is 8.44. The van der Waals surface area contributed by atoms with E-state index >= 15 is 0 Å². The molecule has 4 rings (SSSR count). The molecule has 7 nitrogen and oxygen atoms in total. The lowest BCUT2D eigenvalue weighted by Gasteiger charge is -2.20. The van der Waals surface area contributed by atoms with Crippen LogP contribution in [0, 0.1) is 5.82 Å². The lowest BCUT2D eigenvalue weighted by atomic mass is 10.2. The minimum absolute atomic E-state index is 0.311. The van der Waals surface area contributed by atoms with Crippen molar-refractivity contribution < 1.29 is 18.8 Å². The minimum Gasteiger partial charge on any atom is -0.421 e. The molecule has 0 N–H and O–H groups in total. The average molecular weight is 368 g/mol. The molecule has 0 aliphatic carbocycles. The van der Waals surface area contributed by atoms with Crippen LogP contribution in [0.15, 0.2) is 59.7 Å². The number of rotatable bonds is 6. The van der Waals surface area contributed by atoms with Crippen molar-refractivity contribution in [1.29, 1.82) is 0 Å². The summed E-state index contributed by atoms with van der Waals surface area (Å²) in [7, 11) is 0. The van der Waals surface area contributed by atoms with E-state index in [9.17, 15) is 4.39 Å². The molecule has 2 aromatic carbocycles. The molecule has 0 saturated carbocycles. The van der Waals surface area contributed by atoms with E-state index in [4.69, 9.17) is 14.4 Å². The molecule has 3 aromatic rings. The smallest absolute Gasteiger partial charge is 0.284 e. The predicted molar refractivity (Wildman–Crippen MR) is 97.6 cm³/mol. The summed E-state index contributed by atoms with van der Waals surface area (Å²) < 4.78 is 20.2. The number of hydrogen-bond donors (Lipinski definition) is 0. The molecule has 0 bridgehead atoms. The van der Waals surface area contributed by atoms with Gasteiger partial charge in [-0.3, -0.25) is 0 Å². The van der Waals surface area contributed by atoms with Crippen molar-refractivity contribution in [2.45, 2.75) is 13.5 Å². The Kier molecular flexibility index (Phi) is 4.71. The minimum atomic E-state index is -0.328. The second kappa shape index (κ2) is 7.46. The van der Waals surface area contributed by atoms with Gasteiger partial charge in [-0.2, -0.15) is 0 Å². The number of halogens is 1. The Hall–Kier alpha value is -3.39. The molecule has 0 radical (unpaired) electrons. The third-order valence-corrected chi connectivity index (χ3v) is 3.83. The second-order valence-electron chi connectivity index (χ2n) is 5.65. The molecule has 138 valence electrons. The number of hydrogen-bond acceptors (Lipinski definition) is 6. The molecule has 0 spiro atoms. The fourth-order valence-electron chi connectivity index (χ4n) is 2.61. The maximum absolute atomic E-state index is 13.3. The standard InChI is InChI=1S/C19H17FN4O3/c1-2-26-23-17(15-8-10-16(20)11-9-15)22-18-19(23)25-13-21-24(18)27-12-14-6-4-3-5-7-14/h3-11,13H,2,12H2,1H3. The van der Waals surface area contributed by atoms with Crippen LogP contribution in [0.2, 0.25) is 0 Å². The van der Waals surface area contributed by atoms with Crippen LogP contribution >= 0.6 is 0 Å². The first-order valence-corrected chi connectivity index (χ1v) is 8.44. The van der Waals surface area contributed by atoms with Crippen LogP contribution in [0.5, 0.6) is 5.88 Å². The van der Waals surface area contributed by atoms with Gasteiger partial charge < -0.3 is 9.57 Å². The van der Waals surface area contributed by atoms with Gasteiger partial charge in [0.25, 0.3) is 5.88 Å². The zero-order valence-corrected chi connectivity index (χ0v) is 14.6. The highest BCUT2D eigenvalue weighted by atomic mass is 19.1. The Morgan fingerprint density at radius 3 is 2.56 bits per heavy atom. The Labute approximate surface area is 155 Å². The summed E-state index contributed by atoms with van der Waals surface area (Å²) in [5, 5.41) is 5.37.